The minimum atomic E-state index is -0.402. The van der Waals surface area contributed by atoms with Gasteiger partial charge in [0, 0.05) is 38.3 Å². The second-order valence-electron chi connectivity index (χ2n) is 5.41. The molecule has 1 heterocycles. The van der Waals surface area contributed by atoms with Gasteiger partial charge in [-0.25, -0.2) is 0 Å². The van der Waals surface area contributed by atoms with E-state index in [9.17, 15) is 10.1 Å². The Balaban J connectivity index is 0.00000242. The molecule has 1 aromatic carbocycles. The molecular weight excluding hydrogens is 361 g/mol. The predicted octanol–water partition coefficient (Wildman–Crippen LogP) is 4.23. The Labute approximate surface area is 154 Å². The van der Waals surface area contributed by atoms with Crippen LogP contribution in [0.1, 0.15) is 37.8 Å². The first-order valence-electron chi connectivity index (χ1n) is 7.52. The summed E-state index contributed by atoms with van der Waals surface area (Å²) in [4.78, 5) is 13.1. The van der Waals surface area contributed by atoms with E-state index in [1.54, 1.807) is 12.1 Å². The van der Waals surface area contributed by atoms with E-state index in [2.05, 4.69) is 17.1 Å². The van der Waals surface area contributed by atoms with Gasteiger partial charge in [0.05, 0.1) is 4.92 Å². The zero-order valence-electron chi connectivity index (χ0n) is 13.2. The van der Waals surface area contributed by atoms with Crippen LogP contribution in [-0.4, -0.2) is 36.0 Å². The lowest BCUT2D eigenvalue weighted by molar-refractivity contribution is -0.384. The van der Waals surface area contributed by atoms with Crippen molar-refractivity contribution in [3.05, 3.63) is 38.9 Å². The minimum Gasteiger partial charge on any atom is -0.314 e. The van der Waals surface area contributed by atoms with E-state index in [0.29, 0.717) is 0 Å². The third-order valence-corrected chi connectivity index (χ3v) is 4.29. The number of nitro groups is 1. The molecule has 0 aliphatic carbocycles. The highest BCUT2D eigenvalue weighted by molar-refractivity contribution is 6.32. The average molecular weight is 385 g/mol. The Bertz CT molecular complexity index is 497. The normalized spacial score (nSPS) is 16.1. The third-order valence-electron chi connectivity index (χ3n) is 3.98. The molecular formula is C15H24Cl3N3O2. The molecule has 0 amide bonds. The number of nitro benzene ring substituents is 1. The topological polar surface area (TPSA) is 58.4 Å². The van der Waals surface area contributed by atoms with Crippen molar-refractivity contribution < 1.29 is 4.92 Å². The number of piperazine rings is 1. The first-order valence-corrected chi connectivity index (χ1v) is 7.90. The number of halogens is 3. The summed E-state index contributed by atoms with van der Waals surface area (Å²) in [5.74, 6) is 0. The van der Waals surface area contributed by atoms with Crippen LogP contribution in [-0.2, 0) is 0 Å². The predicted molar refractivity (Wildman–Crippen MR) is 99.3 cm³/mol. The molecule has 1 atom stereocenters. The Morgan fingerprint density at radius 3 is 2.57 bits per heavy atom. The zero-order valence-corrected chi connectivity index (χ0v) is 15.6. The largest absolute Gasteiger partial charge is 0.314 e. The molecule has 0 saturated carbocycles. The minimum absolute atomic E-state index is 0. The van der Waals surface area contributed by atoms with Crippen molar-refractivity contribution in [1.29, 1.82) is 0 Å². The van der Waals surface area contributed by atoms with E-state index >= 15 is 0 Å². The molecule has 132 valence electrons. The molecule has 0 bridgehead atoms. The summed E-state index contributed by atoms with van der Waals surface area (Å²) in [5.41, 5.74) is 1.01. The Hall–Kier alpha value is -0.590. The Morgan fingerprint density at radius 1 is 1.35 bits per heavy atom. The fraction of sp³-hybridized carbons (Fsp3) is 0.600. The number of nitrogens with zero attached hydrogens (tertiary/aromatic N) is 2. The fourth-order valence-electron chi connectivity index (χ4n) is 2.83. The van der Waals surface area contributed by atoms with Gasteiger partial charge in [-0.05, 0) is 18.1 Å². The second-order valence-corrected chi connectivity index (χ2v) is 5.82. The van der Waals surface area contributed by atoms with E-state index < -0.39 is 4.92 Å². The molecule has 2 rings (SSSR count). The van der Waals surface area contributed by atoms with Crippen LogP contribution in [0.2, 0.25) is 5.02 Å². The lowest BCUT2D eigenvalue weighted by Crippen LogP contribution is -2.45. The van der Waals surface area contributed by atoms with E-state index in [-0.39, 0.29) is 41.6 Å². The molecule has 23 heavy (non-hydrogen) atoms. The fourth-order valence-corrected chi connectivity index (χ4v) is 3.01. The number of rotatable bonds is 6. The van der Waals surface area contributed by atoms with Gasteiger partial charge in [0.2, 0.25) is 0 Å². The van der Waals surface area contributed by atoms with Crippen LogP contribution < -0.4 is 5.32 Å². The zero-order chi connectivity index (χ0) is 15.2. The molecule has 0 radical (unpaired) electrons. The summed E-state index contributed by atoms with van der Waals surface area (Å²) in [5, 5.41) is 14.6. The molecule has 1 saturated heterocycles. The number of hydrogen-bond donors (Lipinski definition) is 1. The van der Waals surface area contributed by atoms with Gasteiger partial charge in [-0.1, -0.05) is 37.4 Å². The van der Waals surface area contributed by atoms with Crippen molar-refractivity contribution in [3.63, 3.8) is 0 Å². The molecule has 0 aromatic heterocycles. The van der Waals surface area contributed by atoms with Crippen LogP contribution >= 0.6 is 36.4 Å². The summed E-state index contributed by atoms with van der Waals surface area (Å²) >= 11 is 5.92. The average Bonchev–Trinajstić information content (AvgIpc) is 2.50. The van der Waals surface area contributed by atoms with Crippen molar-refractivity contribution in [1.82, 2.24) is 10.2 Å². The van der Waals surface area contributed by atoms with Gasteiger partial charge in [0.15, 0.2) is 0 Å². The molecule has 1 aliphatic heterocycles. The first-order chi connectivity index (χ1) is 10.1. The first kappa shape index (κ1) is 22.4. The molecule has 1 fully saturated rings. The Morgan fingerprint density at radius 2 is 2.00 bits per heavy atom. The van der Waals surface area contributed by atoms with Gasteiger partial charge < -0.3 is 5.32 Å². The quantitative estimate of drug-likeness (QED) is 0.589. The highest BCUT2D eigenvalue weighted by Gasteiger charge is 2.24. The van der Waals surface area contributed by atoms with E-state index in [0.717, 1.165) is 51.0 Å². The van der Waals surface area contributed by atoms with Crippen molar-refractivity contribution >= 4 is 42.1 Å². The van der Waals surface area contributed by atoms with Crippen LogP contribution in [0.4, 0.5) is 5.69 Å². The smallest absolute Gasteiger partial charge is 0.288 e. The van der Waals surface area contributed by atoms with Crippen LogP contribution in [0.15, 0.2) is 18.2 Å². The van der Waals surface area contributed by atoms with Crippen LogP contribution in [0.5, 0.6) is 0 Å². The van der Waals surface area contributed by atoms with Crippen molar-refractivity contribution in [2.45, 2.75) is 32.2 Å². The maximum atomic E-state index is 11.1. The van der Waals surface area contributed by atoms with Gasteiger partial charge in [0.1, 0.15) is 5.02 Å². The summed E-state index contributed by atoms with van der Waals surface area (Å²) in [6, 6.07) is 5.46. The lowest BCUT2D eigenvalue weighted by atomic mass is 9.98. The molecule has 5 nitrogen and oxygen atoms in total. The highest BCUT2D eigenvalue weighted by atomic mass is 35.5. The Kier molecular flexibility index (Phi) is 10.8. The molecule has 8 heteroatoms. The maximum absolute atomic E-state index is 11.1. The molecule has 1 aromatic rings. The van der Waals surface area contributed by atoms with Gasteiger partial charge in [-0.3, -0.25) is 15.0 Å². The number of hydrogen-bond acceptors (Lipinski definition) is 4. The van der Waals surface area contributed by atoms with Crippen LogP contribution in [0, 0.1) is 10.1 Å². The van der Waals surface area contributed by atoms with Gasteiger partial charge in [0.25, 0.3) is 5.69 Å². The SMILES string of the molecule is CCCC[C@H](c1ccc(Cl)c([N+](=O)[O-])c1)N1CCNCC1.Cl.Cl. The summed E-state index contributed by atoms with van der Waals surface area (Å²) < 4.78 is 0. The summed E-state index contributed by atoms with van der Waals surface area (Å²) in [6.45, 7) is 6.06. The van der Waals surface area contributed by atoms with Gasteiger partial charge in [-0.2, -0.15) is 0 Å². The monoisotopic (exact) mass is 383 g/mol. The maximum Gasteiger partial charge on any atom is 0.288 e. The number of unbranched alkanes of at least 4 members (excludes halogenated alkanes) is 1. The molecule has 0 unspecified atom stereocenters. The van der Waals surface area contributed by atoms with Crippen molar-refractivity contribution in [3.8, 4) is 0 Å². The molecule has 0 spiro atoms. The van der Waals surface area contributed by atoms with Gasteiger partial charge in [-0.15, -0.1) is 24.8 Å². The number of nitrogens with one attached hydrogen (secondary N) is 1. The van der Waals surface area contributed by atoms with E-state index in [1.807, 2.05) is 6.07 Å². The van der Waals surface area contributed by atoms with Gasteiger partial charge >= 0.3 is 0 Å². The second kappa shape index (κ2) is 11.0. The third kappa shape index (κ3) is 6.08. The standard InChI is InChI=1S/C15H22ClN3O2.2ClH/c1-2-3-4-14(18-9-7-17-8-10-18)12-5-6-13(16)15(11-12)19(20)21;;/h5-6,11,14,17H,2-4,7-10H2,1H3;2*1H/t14-;;/m1../s1. The van der Waals surface area contributed by atoms with Crippen LogP contribution in [0.25, 0.3) is 0 Å². The molecule has 1 N–H and O–H groups in total. The number of benzene rings is 1. The van der Waals surface area contributed by atoms with E-state index in [4.69, 9.17) is 11.6 Å². The van der Waals surface area contributed by atoms with Crippen molar-refractivity contribution in [2.24, 2.45) is 0 Å². The highest BCUT2D eigenvalue weighted by Crippen LogP contribution is 2.32. The summed E-state index contributed by atoms with van der Waals surface area (Å²) in [7, 11) is 0. The molecule has 1 aliphatic rings. The van der Waals surface area contributed by atoms with E-state index in [1.165, 1.54) is 0 Å². The summed E-state index contributed by atoms with van der Waals surface area (Å²) in [6.07, 6.45) is 3.26. The lowest BCUT2D eigenvalue weighted by Gasteiger charge is -2.35. The van der Waals surface area contributed by atoms with Crippen LogP contribution in [0.3, 0.4) is 0 Å². The van der Waals surface area contributed by atoms with Crippen molar-refractivity contribution in [2.75, 3.05) is 26.2 Å².